The Morgan fingerprint density at radius 1 is 1.14 bits per heavy atom. The van der Waals surface area contributed by atoms with Crippen LogP contribution in [0.2, 0.25) is 5.02 Å². The lowest BCUT2D eigenvalue weighted by molar-refractivity contribution is -0.132. The Labute approximate surface area is 170 Å². The number of carbonyl (C=O) groups excluding carboxylic acids is 1. The van der Waals surface area contributed by atoms with Crippen molar-refractivity contribution in [3.8, 4) is 11.5 Å². The van der Waals surface area contributed by atoms with E-state index < -0.39 is 0 Å². The van der Waals surface area contributed by atoms with Crippen molar-refractivity contribution in [3.63, 3.8) is 0 Å². The molecular weight excluding hydrogens is 378 g/mol. The molecule has 148 valence electrons. The normalized spacial score (nSPS) is 15.0. The highest BCUT2D eigenvalue weighted by Crippen LogP contribution is 2.27. The summed E-state index contributed by atoms with van der Waals surface area (Å²) in [5.41, 5.74) is 2.03. The first kappa shape index (κ1) is 20.2. The molecule has 0 radical (unpaired) electrons. The van der Waals surface area contributed by atoms with Crippen LogP contribution in [-0.4, -0.2) is 55.4 Å². The van der Waals surface area contributed by atoms with E-state index in [0.717, 1.165) is 48.9 Å². The molecule has 1 heterocycles. The molecule has 28 heavy (non-hydrogen) atoms. The summed E-state index contributed by atoms with van der Waals surface area (Å²) in [5.74, 6) is 0.526. The maximum absolute atomic E-state index is 11.1. The van der Waals surface area contributed by atoms with Crippen LogP contribution in [0.25, 0.3) is 0 Å². The lowest BCUT2D eigenvalue weighted by Crippen LogP contribution is -2.43. The lowest BCUT2D eigenvalue weighted by Gasteiger charge is -2.33. The highest BCUT2D eigenvalue weighted by Gasteiger charge is 2.16. The van der Waals surface area contributed by atoms with E-state index in [4.69, 9.17) is 21.1 Å². The first-order chi connectivity index (χ1) is 13.5. The summed E-state index contributed by atoms with van der Waals surface area (Å²) >= 11 is 6.25. The Morgan fingerprint density at radius 2 is 1.89 bits per heavy atom. The average molecular weight is 402 g/mol. The summed E-state index contributed by atoms with van der Waals surface area (Å²) in [6, 6.07) is 13.3. The fraction of sp³-hybridized carbons (Fsp3) is 0.333. The molecule has 6 nitrogen and oxygen atoms in total. The zero-order valence-corrected chi connectivity index (χ0v) is 16.9. The molecule has 0 saturated carbocycles. The SMILES string of the molecule is COc1cc(C=NN2CCN(Cc3ccccc3Cl)CC2)ccc1OC(C)=O. The van der Waals surface area contributed by atoms with Crippen molar-refractivity contribution < 1.29 is 14.3 Å². The fourth-order valence-electron chi connectivity index (χ4n) is 3.03. The van der Waals surface area contributed by atoms with Gasteiger partial charge in [-0.05, 0) is 35.4 Å². The standard InChI is InChI=1S/C21H24ClN3O3/c1-16(26)28-20-8-7-17(13-21(20)27-2)14-23-25-11-9-24(10-12-25)15-18-5-3-4-6-19(18)22/h3-8,13-14H,9-12,15H2,1-2H3. The van der Waals surface area contributed by atoms with Crippen LogP contribution in [0, 0.1) is 0 Å². The molecule has 0 unspecified atom stereocenters. The molecule has 0 atom stereocenters. The van der Waals surface area contributed by atoms with Gasteiger partial charge < -0.3 is 9.47 Å². The van der Waals surface area contributed by atoms with Crippen LogP contribution in [0.3, 0.4) is 0 Å². The topological polar surface area (TPSA) is 54.4 Å². The number of piperazine rings is 1. The predicted molar refractivity (Wildman–Crippen MR) is 110 cm³/mol. The summed E-state index contributed by atoms with van der Waals surface area (Å²) in [4.78, 5) is 13.5. The van der Waals surface area contributed by atoms with Crippen LogP contribution >= 0.6 is 11.6 Å². The van der Waals surface area contributed by atoms with Crippen molar-refractivity contribution in [3.05, 3.63) is 58.6 Å². The van der Waals surface area contributed by atoms with E-state index in [0.29, 0.717) is 11.5 Å². The molecule has 0 N–H and O–H groups in total. The van der Waals surface area contributed by atoms with Gasteiger partial charge in [-0.3, -0.25) is 14.7 Å². The molecular formula is C21H24ClN3O3. The summed E-state index contributed by atoms with van der Waals surface area (Å²) in [6.45, 7) is 5.77. The van der Waals surface area contributed by atoms with Crippen molar-refractivity contribution in [2.45, 2.75) is 13.5 Å². The summed E-state index contributed by atoms with van der Waals surface area (Å²) < 4.78 is 10.4. The average Bonchev–Trinajstić information content (AvgIpc) is 2.69. The van der Waals surface area contributed by atoms with Crippen LogP contribution in [0.4, 0.5) is 0 Å². The number of methoxy groups -OCH3 is 1. The number of esters is 1. The number of hydrogen-bond donors (Lipinski definition) is 0. The quantitative estimate of drug-likeness (QED) is 0.421. The van der Waals surface area contributed by atoms with Gasteiger partial charge in [-0.2, -0.15) is 5.10 Å². The number of benzene rings is 2. The molecule has 2 aromatic carbocycles. The Balaban J connectivity index is 1.55. The highest BCUT2D eigenvalue weighted by molar-refractivity contribution is 6.31. The van der Waals surface area contributed by atoms with E-state index in [9.17, 15) is 4.79 Å². The van der Waals surface area contributed by atoms with Gasteiger partial charge in [-0.25, -0.2) is 0 Å². The maximum atomic E-state index is 11.1. The third-order valence-corrected chi connectivity index (χ3v) is 4.88. The number of rotatable bonds is 6. The number of hydrazone groups is 1. The van der Waals surface area contributed by atoms with Gasteiger partial charge in [0.1, 0.15) is 0 Å². The third kappa shape index (κ3) is 5.47. The molecule has 0 bridgehead atoms. The number of carbonyl (C=O) groups is 1. The largest absolute Gasteiger partial charge is 0.493 e. The van der Waals surface area contributed by atoms with E-state index >= 15 is 0 Å². The molecule has 0 aromatic heterocycles. The molecule has 1 aliphatic heterocycles. The summed E-state index contributed by atoms with van der Waals surface area (Å²) in [7, 11) is 1.54. The van der Waals surface area contributed by atoms with Crippen LogP contribution < -0.4 is 9.47 Å². The van der Waals surface area contributed by atoms with E-state index in [1.54, 1.807) is 25.5 Å². The van der Waals surface area contributed by atoms with Gasteiger partial charge in [0.05, 0.1) is 13.3 Å². The molecule has 0 amide bonds. The molecule has 3 rings (SSSR count). The van der Waals surface area contributed by atoms with Crippen LogP contribution in [0.1, 0.15) is 18.1 Å². The monoisotopic (exact) mass is 401 g/mol. The van der Waals surface area contributed by atoms with Gasteiger partial charge >= 0.3 is 5.97 Å². The predicted octanol–water partition coefficient (Wildman–Crippen LogP) is 3.43. The van der Waals surface area contributed by atoms with E-state index in [1.807, 2.05) is 24.3 Å². The first-order valence-electron chi connectivity index (χ1n) is 9.16. The molecule has 1 saturated heterocycles. The molecule has 0 aliphatic carbocycles. The van der Waals surface area contributed by atoms with Crippen molar-refractivity contribution in [2.24, 2.45) is 5.10 Å². The first-order valence-corrected chi connectivity index (χ1v) is 9.54. The minimum Gasteiger partial charge on any atom is -0.493 e. The van der Waals surface area contributed by atoms with Crippen LogP contribution in [0.5, 0.6) is 11.5 Å². The summed E-state index contributed by atoms with van der Waals surface area (Å²) in [5, 5.41) is 7.44. The number of halogens is 1. The second-order valence-electron chi connectivity index (χ2n) is 6.57. The molecule has 7 heteroatoms. The molecule has 1 aliphatic rings. The van der Waals surface area contributed by atoms with E-state index in [2.05, 4.69) is 21.1 Å². The molecule has 1 fully saturated rings. The zero-order chi connectivity index (χ0) is 19.9. The Bertz CT molecular complexity index is 849. The van der Waals surface area contributed by atoms with E-state index in [-0.39, 0.29) is 5.97 Å². The zero-order valence-electron chi connectivity index (χ0n) is 16.1. The van der Waals surface area contributed by atoms with Crippen molar-refractivity contribution in [1.29, 1.82) is 0 Å². The minimum absolute atomic E-state index is 0.380. The second-order valence-corrected chi connectivity index (χ2v) is 6.98. The third-order valence-electron chi connectivity index (χ3n) is 4.51. The van der Waals surface area contributed by atoms with Gasteiger partial charge in [0.15, 0.2) is 11.5 Å². The maximum Gasteiger partial charge on any atom is 0.308 e. The second kappa shape index (κ2) is 9.57. The smallest absolute Gasteiger partial charge is 0.308 e. The van der Waals surface area contributed by atoms with Crippen molar-refractivity contribution in [1.82, 2.24) is 9.91 Å². The molecule has 0 spiro atoms. The van der Waals surface area contributed by atoms with Gasteiger partial charge in [0.2, 0.25) is 0 Å². The van der Waals surface area contributed by atoms with Gasteiger partial charge in [-0.15, -0.1) is 0 Å². The van der Waals surface area contributed by atoms with Crippen LogP contribution in [0.15, 0.2) is 47.6 Å². The van der Waals surface area contributed by atoms with Crippen molar-refractivity contribution in [2.75, 3.05) is 33.3 Å². The Hall–Kier alpha value is -2.57. The number of hydrogen-bond acceptors (Lipinski definition) is 6. The fourth-order valence-corrected chi connectivity index (χ4v) is 3.23. The Kier molecular flexibility index (Phi) is 6.90. The number of ether oxygens (including phenoxy) is 2. The number of nitrogens with zero attached hydrogens (tertiary/aromatic N) is 3. The van der Waals surface area contributed by atoms with Gasteiger partial charge in [0, 0.05) is 44.7 Å². The molecule has 2 aromatic rings. The lowest BCUT2D eigenvalue weighted by atomic mass is 10.2. The minimum atomic E-state index is -0.380. The van der Waals surface area contributed by atoms with Crippen LogP contribution in [-0.2, 0) is 11.3 Å². The van der Waals surface area contributed by atoms with Gasteiger partial charge in [0.25, 0.3) is 0 Å². The Morgan fingerprint density at radius 3 is 2.57 bits per heavy atom. The highest BCUT2D eigenvalue weighted by atomic mass is 35.5. The van der Waals surface area contributed by atoms with Crippen molar-refractivity contribution >= 4 is 23.8 Å². The van der Waals surface area contributed by atoms with E-state index in [1.165, 1.54) is 6.92 Å². The summed E-state index contributed by atoms with van der Waals surface area (Å²) in [6.07, 6.45) is 1.80. The van der Waals surface area contributed by atoms with Gasteiger partial charge in [-0.1, -0.05) is 29.8 Å².